The molecule has 0 spiro atoms. The second-order valence-corrected chi connectivity index (χ2v) is 4.03. The molecular weight excluding hydrogens is 240 g/mol. The molecule has 0 atom stereocenters. The van der Waals surface area contributed by atoms with Crippen LogP contribution in [0.2, 0.25) is 0 Å². The summed E-state index contributed by atoms with van der Waals surface area (Å²) in [7, 11) is 1.34. The van der Waals surface area contributed by atoms with Crippen LogP contribution in [0.25, 0.3) is 6.08 Å². The molecule has 0 radical (unpaired) electrons. The summed E-state index contributed by atoms with van der Waals surface area (Å²) < 4.78 is 4.46. The molecule has 0 saturated heterocycles. The quantitative estimate of drug-likeness (QED) is 0.428. The maximum Gasteiger partial charge on any atom is 0.330 e. The lowest BCUT2D eigenvalue weighted by molar-refractivity contribution is -0.134. The van der Waals surface area contributed by atoms with Gasteiger partial charge in [-0.1, -0.05) is 42.5 Å². The molecule has 0 heterocycles. The summed E-state index contributed by atoms with van der Waals surface area (Å²) in [5.74, 6) is -0.273. The van der Waals surface area contributed by atoms with Crippen LogP contribution in [0.15, 0.2) is 48.6 Å². The molecule has 0 unspecified atom stereocenters. The molecule has 1 rings (SSSR count). The average molecular weight is 258 g/mol. The van der Waals surface area contributed by atoms with Crippen molar-refractivity contribution in [3.8, 4) is 0 Å². The Hall–Kier alpha value is -2.16. The summed E-state index contributed by atoms with van der Waals surface area (Å²) >= 11 is 0. The number of ether oxygens (including phenoxy) is 1. The third-order valence-electron chi connectivity index (χ3n) is 2.51. The molecule has 0 amide bonds. The highest BCUT2D eigenvalue weighted by Gasteiger charge is 1.96. The predicted octanol–water partition coefficient (Wildman–Crippen LogP) is 3.17. The van der Waals surface area contributed by atoms with E-state index in [1.807, 2.05) is 36.4 Å². The molecule has 3 nitrogen and oxygen atoms in total. The van der Waals surface area contributed by atoms with Crippen LogP contribution in [0.5, 0.6) is 0 Å². The van der Waals surface area contributed by atoms with Crippen LogP contribution in [0, 0.1) is 0 Å². The number of carbonyl (C=O) groups excluding carboxylic acids is 2. The van der Waals surface area contributed by atoms with Crippen LogP contribution in [0.3, 0.4) is 0 Å². The fourth-order valence-electron chi connectivity index (χ4n) is 1.48. The minimum Gasteiger partial charge on any atom is -0.466 e. The molecule has 1 aromatic carbocycles. The van der Waals surface area contributed by atoms with Crippen molar-refractivity contribution < 1.29 is 14.3 Å². The van der Waals surface area contributed by atoms with Gasteiger partial charge in [-0.25, -0.2) is 4.79 Å². The smallest absolute Gasteiger partial charge is 0.330 e. The molecular formula is C16H18O3. The second kappa shape index (κ2) is 8.86. The van der Waals surface area contributed by atoms with Gasteiger partial charge in [0, 0.05) is 12.5 Å². The third-order valence-corrected chi connectivity index (χ3v) is 2.51. The van der Waals surface area contributed by atoms with Crippen molar-refractivity contribution in [2.75, 3.05) is 7.11 Å². The van der Waals surface area contributed by atoms with E-state index in [1.165, 1.54) is 13.2 Å². The number of esters is 1. The van der Waals surface area contributed by atoms with Gasteiger partial charge in [0.25, 0.3) is 0 Å². The van der Waals surface area contributed by atoms with E-state index in [0.717, 1.165) is 12.0 Å². The highest BCUT2D eigenvalue weighted by atomic mass is 16.5. The van der Waals surface area contributed by atoms with Gasteiger partial charge >= 0.3 is 5.97 Å². The Labute approximate surface area is 113 Å². The Morgan fingerprint density at radius 3 is 2.58 bits per heavy atom. The molecule has 0 aromatic heterocycles. The Morgan fingerprint density at radius 1 is 1.16 bits per heavy atom. The largest absolute Gasteiger partial charge is 0.466 e. The molecule has 1 aromatic rings. The maximum absolute atomic E-state index is 11.6. The van der Waals surface area contributed by atoms with E-state index in [2.05, 4.69) is 4.74 Å². The maximum atomic E-state index is 11.6. The van der Waals surface area contributed by atoms with Crippen LogP contribution < -0.4 is 0 Å². The van der Waals surface area contributed by atoms with Gasteiger partial charge < -0.3 is 4.74 Å². The Bertz CT molecular complexity index is 458. The van der Waals surface area contributed by atoms with Gasteiger partial charge in [0.05, 0.1) is 7.11 Å². The standard InChI is InChI=1S/C16H18O3/c1-19-16(18)11-7-3-6-10-15(17)13-12-14-8-4-2-5-9-14/h2,4-5,7-9,11-13H,3,6,10H2,1H3/b11-7+,13-12+. The number of methoxy groups -OCH3 is 1. The number of benzene rings is 1. The number of hydrogen-bond acceptors (Lipinski definition) is 3. The molecule has 100 valence electrons. The predicted molar refractivity (Wildman–Crippen MR) is 75.5 cm³/mol. The summed E-state index contributed by atoms with van der Waals surface area (Å²) in [5.41, 5.74) is 1.02. The van der Waals surface area contributed by atoms with E-state index in [9.17, 15) is 9.59 Å². The molecule has 3 heteroatoms. The zero-order chi connectivity index (χ0) is 13.9. The monoisotopic (exact) mass is 258 g/mol. The van der Waals surface area contributed by atoms with Crippen LogP contribution in [-0.2, 0) is 14.3 Å². The number of allylic oxidation sites excluding steroid dienone is 2. The highest BCUT2D eigenvalue weighted by molar-refractivity contribution is 5.93. The van der Waals surface area contributed by atoms with E-state index >= 15 is 0 Å². The number of rotatable bonds is 7. The van der Waals surface area contributed by atoms with Crippen LogP contribution in [-0.4, -0.2) is 18.9 Å². The number of unbranched alkanes of at least 4 members (excludes halogenated alkanes) is 1. The lowest BCUT2D eigenvalue weighted by atomic mass is 10.1. The zero-order valence-electron chi connectivity index (χ0n) is 11.0. The van der Waals surface area contributed by atoms with Crippen molar-refractivity contribution >= 4 is 17.8 Å². The first-order valence-corrected chi connectivity index (χ1v) is 6.23. The summed E-state index contributed by atoms with van der Waals surface area (Å²) in [6, 6.07) is 9.70. The number of carbonyl (C=O) groups is 2. The van der Waals surface area contributed by atoms with Crippen molar-refractivity contribution in [1.82, 2.24) is 0 Å². The Kier molecular flexibility index (Phi) is 6.95. The summed E-state index contributed by atoms with van der Waals surface area (Å²) in [6.45, 7) is 0. The van der Waals surface area contributed by atoms with Gasteiger partial charge in [-0.2, -0.15) is 0 Å². The second-order valence-electron chi connectivity index (χ2n) is 4.03. The van der Waals surface area contributed by atoms with E-state index in [1.54, 1.807) is 12.2 Å². The van der Waals surface area contributed by atoms with E-state index in [0.29, 0.717) is 12.8 Å². The first-order valence-electron chi connectivity index (χ1n) is 6.23. The lowest BCUT2D eigenvalue weighted by Crippen LogP contribution is -1.94. The molecule has 0 bridgehead atoms. The van der Waals surface area contributed by atoms with E-state index in [-0.39, 0.29) is 11.8 Å². The number of hydrogen-bond donors (Lipinski definition) is 0. The summed E-state index contributed by atoms with van der Waals surface area (Å²) in [4.78, 5) is 22.3. The minimum atomic E-state index is -0.365. The molecule has 0 N–H and O–H groups in total. The van der Waals surface area contributed by atoms with E-state index < -0.39 is 0 Å². The van der Waals surface area contributed by atoms with Gasteiger partial charge in [0.1, 0.15) is 0 Å². The van der Waals surface area contributed by atoms with Crippen molar-refractivity contribution in [3.63, 3.8) is 0 Å². The lowest BCUT2D eigenvalue weighted by Gasteiger charge is -1.94. The summed E-state index contributed by atoms with van der Waals surface area (Å²) in [5, 5.41) is 0. The molecule has 0 aliphatic heterocycles. The fourth-order valence-corrected chi connectivity index (χ4v) is 1.48. The molecule has 19 heavy (non-hydrogen) atoms. The van der Waals surface area contributed by atoms with Gasteiger partial charge in [0.15, 0.2) is 5.78 Å². The normalized spacial score (nSPS) is 11.0. The topological polar surface area (TPSA) is 43.4 Å². The first-order chi connectivity index (χ1) is 9.22. The van der Waals surface area contributed by atoms with Gasteiger partial charge in [-0.15, -0.1) is 0 Å². The van der Waals surface area contributed by atoms with Gasteiger partial charge in [-0.3, -0.25) is 4.79 Å². The SMILES string of the molecule is COC(=O)/C=C/CCCC(=O)/C=C/c1ccccc1. The van der Waals surface area contributed by atoms with Crippen LogP contribution >= 0.6 is 0 Å². The van der Waals surface area contributed by atoms with Crippen LogP contribution in [0.4, 0.5) is 0 Å². The van der Waals surface area contributed by atoms with Crippen molar-refractivity contribution in [1.29, 1.82) is 0 Å². The van der Waals surface area contributed by atoms with Crippen molar-refractivity contribution in [2.24, 2.45) is 0 Å². The Balaban J connectivity index is 2.23. The zero-order valence-corrected chi connectivity index (χ0v) is 11.0. The first kappa shape index (κ1) is 14.9. The van der Waals surface area contributed by atoms with Gasteiger partial charge in [-0.05, 0) is 24.5 Å². The third kappa shape index (κ3) is 6.99. The highest BCUT2D eigenvalue weighted by Crippen LogP contribution is 2.04. The Morgan fingerprint density at radius 2 is 1.89 bits per heavy atom. The van der Waals surface area contributed by atoms with Crippen molar-refractivity contribution in [3.05, 3.63) is 54.1 Å². The molecule has 0 aliphatic rings. The van der Waals surface area contributed by atoms with E-state index in [4.69, 9.17) is 0 Å². The average Bonchev–Trinajstić information content (AvgIpc) is 2.45. The summed E-state index contributed by atoms with van der Waals surface area (Å²) in [6.07, 6.45) is 8.41. The van der Waals surface area contributed by atoms with Gasteiger partial charge in [0.2, 0.25) is 0 Å². The minimum absolute atomic E-state index is 0.0929. The molecule has 0 aliphatic carbocycles. The molecule has 0 saturated carbocycles. The fraction of sp³-hybridized carbons (Fsp3) is 0.250. The van der Waals surface area contributed by atoms with Crippen LogP contribution in [0.1, 0.15) is 24.8 Å². The van der Waals surface area contributed by atoms with Crippen molar-refractivity contribution in [2.45, 2.75) is 19.3 Å². The number of ketones is 1. The molecule has 0 fully saturated rings.